The standard InChI is InChI=1S/C20H19F3N4O2/c1-12-4-6-13(7-5-12)15-9-17(20(21,22)23)27-18(25-15)10-16(26-27)19(28)24-11-14-3-2-8-29-14/h2-8,10,15,17,25H,9,11H2,1H3,(H,24,28)/t15-,17+/m1/s1. The molecule has 0 saturated heterocycles. The quantitative estimate of drug-likeness (QED) is 0.677. The number of alkyl halides is 3. The van der Waals surface area contributed by atoms with Gasteiger partial charge in [-0.25, -0.2) is 4.68 Å². The topological polar surface area (TPSA) is 72.1 Å². The number of fused-ring (bicyclic) bond motifs is 1. The molecule has 2 aromatic heterocycles. The van der Waals surface area contributed by atoms with E-state index < -0.39 is 24.2 Å². The maximum atomic E-state index is 13.7. The first-order valence-electron chi connectivity index (χ1n) is 9.11. The maximum Gasteiger partial charge on any atom is 0.410 e. The summed E-state index contributed by atoms with van der Waals surface area (Å²) in [6.45, 7) is 2.04. The van der Waals surface area contributed by atoms with Gasteiger partial charge in [0, 0.05) is 12.5 Å². The maximum absolute atomic E-state index is 13.7. The molecule has 1 amide bonds. The molecule has 1 aromatic carbocycles. The zero-order valence-electron chi connectivity index (χ0n) is 15.5. The zero-order valence-corrected chi connectivity index (χ0v) is 15.5. The first-order chi connectivity index (χ1) is 13.8. The second-order valence-electron chi connectivity index (χ2n) is 7.02. The number of carbonyl (C=O) groups excluding carboxylic acids is 1. The Balaban J connectivity index is 1.59. The van der Waals surface area contributed by atoms with Crippen LogP contribution in [0.1, 0.15) is 45.9 Å². The van der Waals surface area contributed by atoms with Crippen LogP contribution in [0, 0.1) is 6.92 Å². The first kappa shape index (κ1) is 19.1. The summed E-state index contributed by atoms with van der Waals surface area (Å²) in [4.78, 5) is 12.4. The van der Waals surface area contributed by atoms with Gasteiger partial charge < -0.3 is 15.1 Å². The van der Waals surface area contributed by atoms with Crippen molar-refractivity contribution in [1.29, 1.82) is 0 Å². The number of aromatic nitrogens is 2. The Hall–Kier alpha value is -3.23. The molecule has 152 valence electrons. The van der Waals surface area contributed by atoms with Gasteiger partial charge in [0.15, 0.2) is 11.7 Å². The van der Waals surface area contributed by atoms with Crippen LogP contribution in [0.25, 0.3) is 0 Å². The molecule has 4 rings (SSSR count). The minimum atomic E-state index is -4.49. The summed E-state index contributed by atoms with van der Waals surface area (Å²) >= 11 is 0. The fourth-order valence-corrected chi connectivity index (χ4v) is 3.37. The van der Waals surface area contributed by atoms with Crippen LogP contribution in [0.15, 0.2) is 53.1 Å². The van der Waals surface area contributed by atoms with Crippen molar-refractivity contribution in [2.24, 2.45) is 0 Å². The lowest BCUT2D eigenvalue weighted by atomic mass is 9.96. The monoisotopic (exact) mass is 404 g/mol. The molecule has 0 fully saturated rings. The molecule has 0 radical (unpaired) electrons. The van der Waals surface area contributed by atoms with E-state index in [1.807, 2.05) is 31.2 Å². The lowest BCUT2D eigenvalue weighted by molar-refractivity contribution is -0.173. The second-order valence-corrected chi connectivity index (χ2v) is 7.02. The molecule has 29 heavy (non-hydrogen) atoms. The van der Waals surface area contributed by atoms with Crippen LogP contribution in [0.4, 0.5) is 19.0 Å². The van der Waals surface area contributed by atoms with Gasteiger partial charge in [0.2, 0.25) is 0 Å². The van der Waals surface area contributed by atoms with E-state index >= 15 is 0 Å². The van der Waals surface area contributed by atoms with Crippen molar-refractivity contribution < 1.29 is 22.4 Å². The van der Waals surface area contributed by atoms with E-state index in [4.69, 9.17) is 4.42 Å². The third kappa shape index (κ3) is 3.98. The summed E-state index contributed by atoms with van der Waals surface area (Å²) in [7, 11) is 0. The number of nitrogens with one attached hydrogen (secondary N) is 2. The number of halogens is 3. The van der Waals surface area contributed by atoms with Crippen molar-refractivity contribution in [3.8, 4) is 0 Å². The van der Waals surface area contributed by atoms with Gasteiger partial charge in [-0.05, 0) is 24.6 Å². The van der Waals surface area contributed by atoms with Gasteiger partial charge in [0.25, 0.3) is 5.91 Å². The van der Waals surface area contributed by atoms with E-state index in [1.54, 1.807) is 12.1 Å². The molecule has 3 aromatic rings. The summed E-state index contributed by atoms with van der Waals surface area (Å²) in [5.74, 6) is 0.123. The smallest absolute Gasteiger partial charge is 0.410 e. The second kappa shape index (κ2) is 7.31. The van der Waals surface area contributed by atoms with E-state index in [0.29, 0.717) is 5.76 Å². The number of nitrogens with zero attached hydrogens (tertiary/aromatic N) is 2. The normalized spacial score (nSPS) is 18.8. The Morgan fingerprint density at radius 1 is 1.31 bits per heavy atom. The number of hydrogen-bond donors (Lipinski definition) is 2. The van der Waals surface area contributed by atoms with Gasteiger partial charge in [-0.2, -0.15) is 18.3 Å². The summed E-state index contributed by atoms with van der Waals surface area (Å²) in [5, 5.41) is 9.61. The number of rotatable bonds is 4. The minimum Gasteiger partial charge on any atom is -0.467 e. The van der Waals surface area contributed by atoms with Crippen molar-refractivity contribution in [3.05, 3.63) is 71.3 Å². The molecule has 0 aliphatic carbocycles. The van der Waals surface area contributed by atoms with E-state index in [0.717, 1.165) is 15.8 Å². The lowest BCUT2D eigenvalue weighted by Gasteiger charge is -2.33. The Morgan fingerprint density at radius 2 is 2.07 bits per heavy atom. The van der Waals surface area contributed by atoms with Crippen LogP contribution in [-0.2, 0) is 6.54 Å². The van der Waals surface area contributed by atoms with Crippen LogP contribution in [-0.4, -0.2) is 21.9 Å². The first-order valence-corrected chi connectivity index (χ1v) is 9.11. The molecule has 3 heterocycles. The average Bonchev–Trinajstić information content (AvgIpc) is 3.34. The van der Waals surface area contributed by atoms with E-state index in [1.165, 1.54) is 12.3 Å². The van der Waals surface area contributed by atoms with Gasteiger partial charge in [-0.15, -0.1) is 0 Å². The number of anilines is 1. The van der Waals surface area contributed by atoms with Crippen molar-refractivity contribution in [2.45, 2.75) is 38.1 Å². The molecule has 0 bridgehead atoms. The van der Waals surface area contributed by atoms with E-state index in [9.17, 15) is 18.0 Å². The van der Waals surface area contributed by atoms with Gasteiger partial charge in [-0.1, -0.05) is 29.8 Å². The summed E-state index contributed by atoms with van der Waals surface area (Å²) in [6.07, 6.45) is -3.23. The van der Waals surface area contributed by atoms with Crippen LogP contribution >= 0.6 is 0 Å². The van der Waals surface area contributed by atoms with Gasteiger partial charge in [-0.3, -0.25) is 4.79 Å². The lowest BCUT2D eigenvalue weighted by Crippen LogP contribution is -2.35. The van der Waals surface area contributed by atoms with Crippen molar-refractivity contribution in [1.82, 2.24) is 15.1 Å². The number of carbonyl (C=O) groups is 1. The predicted molar refractivity (Wildman–Crippen MR) is 99.4 cm³/mol. The molecule has 1 aliphatic rings. The number of amides is 1. The predicted octanol–water partition coefficient (Wildman–Crippen LogP) is 4.37. The molecule has 2 N–H and O–H groups in total. The fraction of sp³-hybridized carbons (Fsp3) is 0.300. The molecule has 0 unspecified atom stereocenters. The van der Waals surface area contributed by atoms with E-state index in [-0.39, 0.29) is 24.5 Å². The van der Waals surface area contributed by atoms with Crippen LogP contribution in [0.3, 0.4) is 0 Å². The molecule has 1 aliphatic heterocycles. The largest absolute Gasteiger partial charge is 0.467 e. The molecule has 9 heteroatoms. The highest BCUT2D eigenvalue weighted by atomic mass is 19.4. The highest BCUT2D eigenvalue weighted by Crippen LogP contribution is 2.43. The SMILES string of the molecule is Cc1ccc([C@H]2C[C@@H](C(F)(F)F)n3nc(C(=O)NCc4ccco4)cc3N2)cc1. The summed E-state index contributed by atoms with van der Waals surface area (Å²) in [5.41, 5.74) is 1.69. The Morgan fingerprint density at radius 3 is 2.72 bits per heavy atom. The zero-order chi connectivity index (χ0) is 20.6. The summed E-state index contributed by atoms with van der Waals surface area (Å²) < 4.78 is 47.1. The Bertz CT molecular complexity index is 994. The third-order valence-corrected chi connectivity index (χ3v) is 4.91. The fourth-order valence-electron chi connectivity index (χ4n) is 3.37. The Labute approximate surface area is 164 Å². The molecule has 6 nitrogen and oxygen atoms in total. The van der Waals surface area contributed by atoms with Gasteiger partial charge in [0.05, 0.1) is 18.8 Å². The minimum absolute atomic E-state index is 0.0853. The van der Waals surface area contributed by atoms with Crippen molar-refractivity contribution in [3.63, 3.8) is 0 Å². The molecular formula is C20H19F3N4O2. The van der Waals surface area contributed by atoms with Gasteiger partial charge in [0.1, 0.15) is 11.6 Å². The highest BCUT2D eigenvalue weighted by Gasteiger charge is 2.46. The average molecular weight is 404 g/mol. The third-order valence-electron chi connectivity index (χ3n) is 4.91. The van der Waals surface area contributed by atoms with Crippen molar-refractivity contribution >= 4 is 11.7 Å². The number of furan rings is 1. The van der Waals surface area contributed by atoms with Crippen LogP contribution in [0.5, 0.6) is 0 Å². The van der Waals surface area contributed by atoms with E-state index in [2.05, 4.69) is 15.7 Å². The molecule has 0 saturated carbocycles. The van der Waals surface area contributed by atoms with Crippen LogP contribution in [0.2, 0.25) is 0 Å². The molecule has 2 atom stereocenters. The number of hydrogen-bond acceptors (Lipinski definition) is 4. The highest BCUT2D eigenvalue weighted by molar-refractivity contribution is 5.93. The number of benzene rings is 1. The summed E-state index contributed by atoms with van der Waals surface area (Å²) in [6, 6.07) is 9.69. The Kier molecular flexibility index (Phi) is 4.81. The molecular weight excluding hydrogens is 385 g/mol. The van der Waals surface area contributed by atoms with Crippen molar-refractivity contribution in [2.75, 3.05) is 5.32 Å². The van der Waals surface area contributed by atoms with Crippen LogP contribution < -0.4 is 10.6 Å². The molecule has 0 spiro atoms. The van der Waals surface area contributed by atoms with Gasteiger partial charge >= 0.3 is 6.18 Å². The number of aryl methyl sites for hydroxylation is 1.